The molecular formula is C18H22F4O2. The third-order valence-electron chi connectivity index (χ3n) is 4.95. The number of alkyl halides is 4. The Hall–Kier alpha value is -1.59. The van der Waals surface area contributed by atoms with Crippen molar-refractivity contribution >= 4 is 5.97 Å². The van der Waals surface area contributed by atoms with Crippen molar-refractivity contribution in [3.05, 3.63) is 35.4 Å². The molecular weight excluding hydrogens is 324 g/mol. The zero-order valence-corrected chi connectivity index (χ0v) is 13.6. The van der Waals surface area contributed by atoms with Crippen molar-refractivity contribution in [1.82, 2.24) is 0 Å². The van der Waals surface area contributed by atoms with Crippen LogP contribution >= 0.6 is 0 Å². The second kappa shape index (κ2) is 7.11. The summed E-state index contributed by atoms with van der Waals surface area (Å²) in [7, 11) is 0. The molecule has 1 aliphatic rings. The Balaban J connectivity index is 2.10. The highest BCUT2D eigenvalue weighted by molar-refractivity contribution is 5.77. The molecule has 0 radical (unpaired) electrons. The van der Waals surface area contributed by atoms with Crippen LogP contribution in [0.25, 0.3) is 0 Å². The average Bonchev–Trinajstić information content (AvgIpc) is 2.55. The summed E-state index contributed by atoms with van der Waals surface area (Å²) < 4.78 is 54.0. The first-order chi connectivity index (χ1) is 11.2. The molecule has 0 bridgehead atoms. The molecule has 1 saturated carbocycles. The van der Waals surface area contributed by atoms with Crippen molar-refractivity contribution in [2.24, 2.45) is 5.92 Å². The van der Waals surface area contributed by atoms with Crippen LogP contribution < -0.4 is 0 Å². The fourth-order valence-electron chi connectivity index (χ4n) is 3.47. The van der Waals surface area contributed by atoms with Crippen LogP contribution in [0.15, 0.2) is 24.3 Å². The van der Waals surface area contributed by atoms with E-state index < -0.39 is 23.4 Å². The Bertz CT molecular complexity index is 561. The lowest BCUT2D eigenvalue weighted by molar-refractivity contribution is -0.228. The number of carbonyl (C=O) groups is 1. The molecule has 0 spiro atoms. The van der Waals surface area contributed by atoms with E-state index in [9.17, 15) is 22.4 Å². The van der Waals surface area contributed by atoms with E-state index >= 15 is 0 Å². The van der Waals surface area contributed by atoms with Crippen LogP contribution in [0.2, 0.25) is 0 Å². The van der Waals surface area contributed by atoms with Gasteiger partial charge in [-0.15, -0.1) is 0 Å². The molecule has 0 aliphatic heterocycles. The standard InChI is InChI=1S/C18H22F4O2/c1-2-3-12-4-6-13(7-5-12)14-8-10-15(11-9-14)17(19,20)18(21,22)16(23)24/h8-13H,2-7H2,1H3,(H,23,24). The molecule has 2 rings (SSSR count). The van der Waals surface area contributed by atoms with Crippen LogP contribution in [-0.4, -0.2) is 17.0 Å². The Labute approximate surface area is 138 Å². The highest BCUT2D eigenvalue weighted by Crippen LogP contribution is 2.44. The molecule has 1 aromatic carbocycles. The topological polar surface area (TPSA) is 37.3 Å². The molecule has 0 atom stereocenters. The maximum absolute atomic E-state index is 13.8. The summed E-state index contributed by atoms with van der Waals surface area (Å²) in [5.74, 6) is -11.7. The molecule has 134 valence electrons. The number of carboxylic acid groups (broad SMARTS) is 1. The summed E-state index contributed by atoms with van der Waals surface area (Å²) in [6.45, 7) is 2.15. The number of hydrogen-bond acceptors (Lipinski definition) is 1. The predicted molar refractivity (Wildman–Crippen MR) is 82.5 cm³/mol. The van der Waals surface area contributed by atoms with Crippen LogP contribution in [0.4, 0.5) is 17.6 Å². The van der Waals surface area contributed by atoms with Crippen molar-refractivity contribution in [2.75, 3.05) is 0 Å². The molecule has 0 unspecified atom stereocenters. The van der Waals surface area contributed by atoms with Gasteiger partial charge in [-0.05, 0) is 43.1 Å². The van der Waals surface area contributed by atoms with Crippen molar-refractivity contribution in [3.63, 3.8) is 0 Å². The van der Waals surface area contributed by atoms with Gasteiger partial charge in [-0.1, -0.05) is 44.0 Å². The van der Waals surface area contributed by atoms with E-state index in [1.54, 1.807) is 0 Å². The van der Waals surface area contributed by atoms with Gasteiger partial charge in [0.25, 0.3) is 0 Å². The molecule has 0 heterocycles. The minimum atomic E-state index is -5.13. The predicted octanol–water partition coefficient (Wildman–Crippen LogP) is 5.57. The number of benzene rings is 1. The van der Waals surface area contributed by atoms with Crippen molar-refractivity contribution in [3.8, 4) is 0 Å². The number of rotatable bonds is 6. The van der Waals surface area contributed by atoms with Gasteiger partial charge in [0, 0.05) is 5.56 Å². The monoisotopic (exact) mass is 346 g/mol. The van der Waals surface area contributed by atoms with E-state index in [-0.39, 0.29) is 5.92 Å². The van der Waals surface area contributed by atoms with Gasteiger partial charge >= 0.3 is 17.8 Å². The molecule has 1 aromatic rings. The summed E-state index contributed by atoms with van der Waals surface area (Å²) in [6.07, 6.45) is 6.46. The van der Waals surface area contributed by atoms with Gasteiger partial charge in [0.05, 0.1) is 0 Å². The number of aliphatic carboxylic acids is 1. The minimum absolute atomic E-state index is 0.251. The lowest BCUT2D eigenvalue weighted by Gasteiger charge is -2.29. The summed E-state index contributed by atoms with van der Waals surface area (Å²) in [5, 5.41) is 8.34. The maximum Gasteiger partial charge on any atom is 0.408 e. The van der Waals surface area contributed by atoms with E-state index in [2.05, 4.69) is 6.92 Å². The molecule has 2 nitrogen and oxygen atoms in total. The highest BCUT2D eigenvalue weighted by Gasteiger charge is 2.63. The van der Waals surface area contributed by atoms with Gasteiger partial charge in [-0.2, -0.15) is 17.6 Å². The van der Waals surface area contributed by atoms with Crippen LogP contribution in [0.1, 0.15) is 62.5 Å². The molecule has 6 heteroatoms. The summed E-state index contributed by atoms with van der Waals surface area (Å²) >= 11 is 0. The molecule has 1 N–H and O–H groups in total. The second-order valence-corrected chi connectivity index (χ2v) is 6.58. The van der Waals surface area contributed by atoms with Gasteiger partial charge in [0.2, 0.25) is 0 Å². The second-order valence-electron chi connectivity index (χ2n) is 6.58. The van der Waals surface area contributed by atoms with Gasteiger partial charge < -0.3 is 5.11 Å². The third-order valence-corrected chi connectivity index (χ3v) is 4.95. The van der Waals surface area contributed by atoms with Crippen LogP contribution in [0, 0.1) is 5.92 Å². The Morgan fingerprint density at radius 1 is 1.08 bits per heavy atom. The van der Waals surface area contributed by atoms with Gasteiger partial charge in [-0.3, -0.25) is 0 Å². The fraction of sp³-hybridized carbons (Fsp3) is 0.611. The zero-order chi connectivity index (χ0) is 18.0. The largest absolute Gasteiger partial charge is 0.477 e. The van der Waals surface area contributed by atoms with Gasteiger partial charge in [0.15, 0.2) is 0 Å². The highest BCUT2D eigenvalue weighted by atomic mass is 19.3. The molecule has 1 aliphatic carbocycles. The minimum Gasteiger partial charge on any atom is -0.477 e. The third kappa shape index (κ3) is 3.57. The summed E-state index contributed by atoms with van der Waals surface area (Å²) in [5.41, 5.74) is -0.124. The first-order valence-electron chi connectivity index (χ1n) is 8.29. The van der Waals surface area contributed by atoms with Gasteiger partial charge in [-0.25, -0.2) is 4.79 Å². The van der Waals surface area contributed by atoms with E-state index in [0.29, 0.717) is 5.92 Å². The SMILES string of the molecule is CCCC1CCC(c2ccc(C(F)(F)C(F)(F)C(=O)O)cc2)CC1. The lowest BCUT2D eigenvalue weighted by atomic mass is 9.77. The molecule has 0 saturated heterocycles. The Morgan fingerprint density at radius 3 is 2.08 bits per heavy atom. The van der Waals surface area contributed by atoms with E-state index in [1.807, 2.05) is 0 Å². The Morgan fingerprint density at radius 2 is 1.62 bits per heavy atom. The Kier molecular flexibility index (Phi) is 5.56. The number of halogens is 4. The van der Waals surface area contributed by atoms with Crippen molar-refractivity contribution in [2.45, 2.75) is 63.2 Å². The fourth-order valence-corrected chi connectivity index (χ4v) is 3.47. The van der Waals surface area contributed by atoms with Crippen molar-refractivity contribution < 1.29 is 27.5 Å². The molecule has 0 aromatic heterocycles. The first-order valence-corrected chi connectivity index (χ1v) is 8.29. The molecule has 0 amide bonds. The smallest absolute Gasteiger partial charge is 0.408 e. The lowest BCUT2D eigenvalue weighted by Crippen LogP contribution is -2.44. The molecule has 1 fully saturated rings. The quantitative estimate of drug-likeness (QED) is 0.684. The maximum atomic E-state index is 13.8. The normalized spacial score (nSPS) is 22.4. The van der Waals surface area contributed by atoms with Crippen LogP contribution in [-0.2, 0) is 10.7 Å². The average molecular weight is 346 g/mol. The zero-order valence-electron chi connectivity index (χ0n) is 13.6. The van der Waals surface area contributed by atoms with Crippen LogP contribution in [0.3, 0.4) is 0 Å². The molecule has 24 heavy (non-hydrogen) atoms. The van der Waals surface area contributed by atoms with E-state index in [0.717, 1.165) is 49.8 Å². The van der Waals surface area contributed by atoms with E-state index in [1.165, 1.54) is 18.6 Å². The number of carboxylic acids is 1. The van der Waals surface area contributed by atoms with Crippen LogP contribution in [0.5, 0.6) is 0 Å². The summed E-state index contributed by atoms with van der Waals surface area (Å²) in [6, 6.07) is 4.69. The first kappa shape index (κ1) is 18.7. The van der Waals surface area contributed by atoms with Gasteiger partial charge in [0.1, 0.15) is 0 Å². The summed E-state index contributed by atoms with van der Waals surface area (Å²) in [4.78, 5) is 10.4. The van der Waals surface area contributed by atoms with E-state index in [4.69, 9.17) is 5.11 Å². The van der Waals surface area contributed by atoms with Crippen molar-refractivity contribution in [1.29, 1.82) is 0 Å². The number of hydrogen-bond donors (Lipinski definition) is 1.